The Morgan fingerprint density at radius 1 is 1.03 bits per heavy atom. The summed E-state index contributed by atoms with van der Waals surface area (Å²) >= 11 is 0. The van der Waals surface area contributed by atoms with Gasteiger partial charge in [-0.25, -0.2) is 4.98 Å². The molecule has 0 spiro atoms. The van der Waals surface area contributed by atoms with Gasteiger partial charge in [-0.2, -0.15) is 0 Å². The lowest BCUT2D eigenvalue weighted by molar-refractivity contribution is -0.155. The largest absolute Gasteiger partial charge is 0.448 e. The zero-order chi connectivity index (χ0) is 25.2. The summed E-state index contributed by atoms with van der Waals surface area (Å²) in [5.41, 5.74) is 3.50. The van der Waals surface area contributed by atoms with Crippen molar-refractivity contribution in [3.8, 4) is 0 Å². The number of hydrogen-bond acceptors (Lipinski definition) is 6. The standard InChI is InChI=1S/C28H23N3O5/c1-17-12-13-18(2)21(14-17)30-27(33)25(19-8-4-3-5-9-19)36-23(32)15-31-16-29-24-20-10-6-7-11-22(20)35-26(24)28(31)34/h3-14,16,25H,15H2,1-2H3,(H,30,33). The van der Waals surface area contributed by atoms with Crippen LogP contribution in [-0.2, 0) is 20.9 Å². The number of ether oxygens (including phenoxy) is 1. The molecule has 0 radical (unpaired) electrons. The molecular formula is C28H23N3O5. The average Bonchev–Trinajstić information content (AvgIpc) is 3.26. The van der Waals surface area contributed by atoms with Crippen LogP contribution in [0.25, 0.3) is 22.1 Å². The molecule has 8 heteroatoms. The number of benzene rings is 3. The number of amides is 1. The predicted octanol–water partition coefficient (Wildman–Crippen LogP) is 4.68. The number of aromatic nitrogens is 2. The highest BCUT2D eigenvalue weighted by molar-refractivity contribution is 6.01. The Morgan fingerprint density at radius 2 is 1.78 bits per heavy atom. The van der Waals surface area contributed by atoms with E-state index in [-0.39, 0.29) is 5.58 Å². The Kier molecular flexibility index (Phi) is 6.08. The number of esters is 1. The van der Waals surface area contributed by atoms with Gasteiger partial charge in [0.1, 0.15) is 17.6 Å². The van der Waals surface area contributed by atoms with E-state index in [9.17, 15) is 14.4 Å². The minimum atomic E-state index is -1.21. The van der Waals surface area contributed by atoms with E-state index in [0.29, 0.717) is 27.7 Å². The van der Waals surface area contributed by atoms with Crippen molar-refractivity contribution in [1.29, 1.82) is 0 Å². The number of furan rings is 1. The summed E-state index contributed by atoms with van der Waals surface area (Å²) in [5.74, 6) is -1.26. The zero-order valence-corrected chi connectivity index (χ0v) is 19.7. The summed E-state index contributed by atoms with van der Waals surface area (Å²) in [7, 11) is 0. The Balaban J connectivity index is 1.40. The van der Waals surface area contributed by atoms with Gasteiger partial charge >= 0.3 is 5.97 Å². The van der Waals surface area contributed by atoms with Gasteiger partial charge in [-0.3, -0.25) is 19.0 Å². The van der Waals surface area contributed by atoms with Gasteiger partial charge in [0, 0.05) is 16.6 Å². The van der Waals surface area contributed by atoms with Crippen LogP contribution in [0.2, 0.25) is 0 Å². The third kappa shape index (κ3) is 4.48. The number of para-hydroxylation sites is 1. The SMILES string of the molecule is Cc1ccc(C)c(NC(=O)C(OC(=O)Cn2cnc3c(oc4ccccc43)c2=O)c2ccccc2)c1. The zero-order valence-electron chi connectivity index (χ0n) is 19.7. The van der Waals surface area contributed by atoms with Gasteiger partial charge in [-0.15, -0.1) is 0 Å². The highest BCUT2D eigenvalue weighted by Crippen LogP contribution is 2.25. The van der Waals surface area contributed by atoms with E-state index < -0.39 is 30.1 Å². The Morgan fingerprint density at radius 3 is 2.58 bits per heavy atom. The first-order valence-corrected chi connectivity index (χ1v) is 11.4. The summed E-state index contributed by atoms with van der Waals surface area (Å²) in [6.07, 6.45) is 0.0684. The molecule has 0 bridgehead atoms. The number of aryl methyl sites for hydroxylation is 2. The van der Waals surface area contributed by atoms with Crippen molar-refractivity contribution >= 4 is 39.6 Å². The third-order valence-electron chi connectivity index (χ3n) is 5.89. The Hall–Kier alpha value is -4.72. The van der Waals surface area contributed by atoms with E-state index >= 15 is 0 Å². The molecule has 36 heavy (non-hydrogen) atoms. The lowest BCUT2D eigenvalue weighted by Crippen LogP contribution is -2.30. The van der Waals surface area contributed by atoms with Crippen LogP contribution in [0.3, 0.4) is 0 Å². The molecule has 1 atom stereocenters. The van der Waals surface area contributed by atoms with Gasteiger partial charge in [-0.05, 0) is 43.2 Å². The quantitative estimate of drug-likeness (QED) is 0.353. The fraction of sp³-hybridized carbons (Fsp3) is 0.143. The van der Waals surface area contributed by atoms with Gasteiger partial charge in [-0.1, -0.05) is 54.6 Å². The number of fused-ring (bicyclic) bond motifs is 3. The summed E-state index contributed by atoms with van der Waals surface area (Å²) in [5, 5.41) is 3.57. The van der Waals surface area contributed by atoms with Crippen molar-refractivity contribution in [3.05, 3.63) is 106 Å². The van der Waals surface area contributed by atoms with E-state index in [1.54, 1.807) is 42.5 Å². The van der Waals surface area contributed by atoms with Crippen LogP contribution in [0.1, 0.15) is 22.8 Å². The van der Waals surface area contributed by atoms with Crippen LogP contribution in [0.15, 0.2) is 88.3 Å². The van der Waals surface area contributed by atoms with Crippen LogP contribution in [0, 0.1) is 13.8 Å². The number of anilines is 1. The molecule has 2 heterocycles. The summed E-state index contributed by atoms with van der Waals surface area (Å²) < 4.78 is 12.4. The molecule has 180 valence electrons. The van der Waals surface area contributed by atoms with Gasteiger partial charge in [0.05, 0.1) is 6.33 Å². The van der Waals surface area contributed by atoms with Crippen molar-refractivity contribution in [2.75, 3.05) is 5.32 Å². The molecule has 0 saturated carbocycles. The predicted molar refractivity (Wildman–Crippen MR) is 136 cm³/mol. The number of hydrogen-bond donors (Lipinski definition) is 1. The molecule has 0 saturated heterocycles. The molecule has 8 nitrogen and oxygen atoms in total. The van der Waals surface area contributed by atoms with E-state index in [2.05, 4.69) is 10.3 Å². The van der Waals surface area contributed by atoms with E-state index in [4.69, 9.17) is 9.15 Å². The maximum absolute atomic E-state index is 13.2. The van der Waals surface area contributed by atoms with Crippen LogP contribution in [0.5, 0.6) is 0 Å². The number of rotatable bonds is 6. The molecule has 3 aromatic carbocycles. The summed E-state index contributed by atoms with van der Waals surface area (Å²) in [6.45, 7) is 3.37. The first-order valence-electron chi connectivity index (χ1n) is 11.4. The number of nitrogens with one attached hydrogen (secondary N) is 1. The average molecular weight is 482 g/mol. The van der Waals surface area contributed by atoms with Crippen LogP contribution >= 0.6 is 0 Å². The lowest BCUT2D eigenvalue weighted by atomic mass is 10.1. The van der Waals surface area contributed by atoms with Crippen molar-refractivity contribution in [3.63, 3.8) is 0 Å². The molecule has 1 amide bonds. The Bertz CT molecular complexity index is 1650. The molecular weight excluding hydrogens is 458 g/mol. The van der Waals surface area contributed by atoms with Crippen molar-refractivity contribution in [2.45, 2.75) is 26.5 Å². The second-order valence-electron chi connectivity index (χ2n) is 8.54. The topological polar surface area (TPSA) is 103 Å². The van der Waals surface area contributed by atoms with Crippen molar-refractivity contribution in [2.24, 2.45) is 0 Å². The second kappa shape index (κ2) is 9.50. The third-order valence-corrected chi connectivity index (χ3v) is 5.89. The van der Waals surface area contributed by atoms with Gasteiger partial charge in [0.15, 0.2) is 0 Å². The molecule has 0 fully saturated rings. The summed E-state index contributed by atoms with van der Waals surface area (Å²) in [6, 6.07) is 21.6. The van der Waals surface area contributed by atoms with Crippen LogP contribution in [0.4, 0.5) is 5.69 Å². The summed E-state index contributed by atoms with van der Waals surface area (Å²) in [4.78, 5) is 43.4. The Labute approximate surface area is 206 Å². The van der Waals surface area contributed by atoms with Gasteiger partial charge in [0.25, 0.3) is 11.5 Å². The van der Waals surface area contributed by atoms with Gasteiger partial charge < -0.3 is 14.5 Å². The fourth-order valence-corrected chi connectivity index (χ4v) is 4.01. The van der Waals surface area contributed by atoms with Crippen molar-refractivity contribution in [1.82, 2.24) is 9.55 Å². The molecule has 0 aliphatic carbocycles. The van der Waals surface area contributed by atoms with E-state index in [0.717, 1.165) is 15.7 Å². The van der Waals surface area contributed by atoms with Crippen LogP contribution in [-0.4, -0.2) is 21.4 Å². The molecule has 1 unspecified atom stereocenters. The molecule has 1 N–H and O–H groups in total. The first kappa shape index (κ1) is 23.0. The monoisotopic (exact) mass is 481 g/mol. The molecule has 0 aliphatic heterocycles. The molecule has 0 aliphatic rings. The fourth-order valence-electron chi connectivity index (χ4n) is 4.01. The highest BCUT2D eigenvalue weighted by atomic mass is 16.5. The lowest BCUT2D eigenvalue weighted by Gasteiger charge is -2.19. The molecule has 5 aromatic rings. The minimum Gasteiger partial charge on any atom is -0.448 e. The van der Waals surface area contributed by atoms with E-state index in [1.165, 1.54) is 6.33 Å². The normalized spacial score (nSPS) is 11.9. The highest BCUT2D eigenvalue weighted by Gasteiger charge is 2.26. The number of carbonyl (C=O) groups excluding carboxylic acids is 2. The smallest absolute Gasteiger partial charge is 0.327 e. The van der Waals surface area contributed by atoms with Crippen LogP contribution < -0.4 is 10.9 Å². The van der Waals surface area contributed by atoms with Crippen molar-refractivity contribution < 1.29 is 18.7 Å². The minimum absolute atomic E-state index is 0.0544. The van der Waals surface area contributed by atoms with Gasteiger partial charge in [0.2, 0.25) is 11.7 Å². The maximum Gasteiger partial charge on any atom is 0.327 e. The second-order valence-corrected chi connectivity index (χ2v) is 8.54. The maximum atomic E-state index is 13.2. The molecule has 5 rings (SSSR count). The number of carbonyl (C=O) groups is 2. The van der Waals surface area contributed by atoms with E-state index in [1.807, 2.05) is 44.2 Å². The molecule has 2 aromatic heterocycles. The number of nitrogens with zero attached hydrogens (tertiary/aromatic N) is 2. The first-order chi connectivity index (χ1) is 17.4.